The van der Waals surface area contributed by atoms with Crippen LogP contribution >= 0.6 is 11.8 Å². The average Bonchev–Trinajstić information content (AvgIpc) is 2.34. The number of aliphatic carboxylic acids is 1. The van der Waals surface area contributed by atoms with Gasteiger partial charge in [0.2, 0.25) is 5.91 Å². The topological polar surface area (TPSA) is 92.4 Å². The molecule has 0 aliphatic rings. The quantitative estimate of drug-likeness (QED) is 0.657. The van der Waals surface area contributed by atoms with E-state index in [2.05, 4.69) is 5.32 Å². The SMILES string of the molecule is NC(CCSCC(=O)Nc1cccc(F)c1)C(=O)O. The molecular formula is C12H15FN2O3S. The smallest absolute Gasteiger partial charge is 0.320 e. The molecule has 7 heteroatoms. The van der Waals surface area contributed by atoms with Crippen molar-refractivity contribution in [2.24, 2.45) is 5.73 Å². The molecule has 19 heavy (non-hydrogen) atoms. The monoisotopic (exact) mass is 286 g/mol. The predicted octanol–water partition coefficient (Wildman–Crippen LogP) is 1.30. The van der Waals surface area contributed by atoms with Gasteiger partial charge in [0.05, 0.1) is 5.75 Å². The van der Waals surface area contributed by atoms with Crippen LogP contribution < -0.4 is 11.1 Å². The lowest BCUT2D eigenvalue weighted by Crippen LogP contribution is -2.30. The number of benzene rings is 1. The van der Waals surface area contributed by atoms with Crippen molar-refractivity contribution >= 4 is 29.3 Å². The Morgan fingerprint density at radius 2 is 2.21 bits per heavy atom. The van der Waals surface area contributed by atoms with E-state index >= 15 is 0 Å². The molecule has 0 radical (unpaired) electrons. The fraction of sp³-hybridized carbons (Fsp3) is 0.333. The largest absolute Gasteiger partial charge is 0.480 e. The van der Waals surface area contributed by atoms with Crippen LogP contribution in [0.5, 0.6) is 0 Å². The summed E-state index contributed by atoms with van der Waals surface area (Å²) in [7, 11) is 0. The van der Waals surface area contributed by atoms with Crippen molar-refractivity contribution in [3.8, 4) is 0 Å². The zero-order valence-electron chi connectivity index (χ0n) is 10.1. The average molecular weight is 286 g/mol. The summed E-state index contributed by atoms with van der Waals surface area (Å²) in [4.78, 5) is 22.0. The molecular weight excluding hydrogens is 271 g/mol. The number of hydrogen-bond donors (Lipinski definition) is 3. The molecule has 1 aromatic carbocycles. The van der Waals surface area contributed by atoms with Gasteiger partial charge in [0.25, 0.3) is 0 Å². The number of carbonyl (C=O) groups is 2. The zero-order chi connectivity index (χ0) is 14.3. The van der Waals surface area contributed by atoms with Crippen LogP contribution in [0.15, 0.2) is 24.3 Å². The first-order valence-electron chi connectivity index (χ1n) is 5.60. The van der Waals surface area contributed by atoms with Crippen LogP contribution in [0.2, 0.25) is 0 Å². The summed E-state index contributed by atoms with van der Waals surface area (Å²) in [5.74, 6) is -1.09. The minimum atomic E-state index is -1.05. The highest BCUT2D eigenvalue weighted by Gasteiger charge is 2.11. The van der Waals surface area contributed by atoms with Gasteiger partial charge in [-0.25, -0.2) is 4.39 Å². The summed E-state index contributed by atoms with van der Waals surface area (Å²) in [6, 6.07) is 4.70. The summed E-state index contributed by atoms with van der Waals surface area (Å²) in [5, 5.41) is 11.1. The Labute approximate surface area is 114 Å². The number of halogens is 1. The second kappa shape index (κ2) is 7.75. The lowest BCUT2D eigenvalue weighted by Gasteiger charge is -2.07. The normalized spacial score (nSPS) is 11.9. The highest BCUT2D eigenvalue weighted by atomic mass is 32.2. The summed E-state index contributed by atoms with van der Waals surface area (Å²) >= 11 is 1.28. The standard InChI is InChI=1S/C12H15FN2O3S/c13-8-2-1-3-9(6-8)15-11(16)7-19-5-4-10(14)12(17)18/h1-3,6,10H,4-5,7,14H2,(H,15,16)(H,17,18). The molecule has 1 amide bonds. The third kappa shape index (κ3) is 6.21. The van der Waals surface area contributed by atoms with Crippen molar-refractivity contribution in [3.05, 3.63) is 30.1 Å². The summed E-state index contributed by atoms with van der Waals surface area (Å²) in [5.41, 5.74) is 5.71. The van der Waals surface area contributed by atoms with Gasteiger partial charge in [0.15, 0.2) is 0 Å². The van der Waals surface area contributed by atoms with Crippen LogP contribution in [0.3, 0.4) is 0 Å². The molecule has 0 aromatic heterocycles. The molecule has 1 atom stereocenters. The highest BCUT2D eigenvalue weighted by Crippen LogP contribution is 2.10. The van der Waals surface area contributed by atoms with Gasteiger partial charge in [0.1, 0.15) is 11.9 Å². The maximum Gasteiger partial charge on any atom is 0.320 e. The number of hydrogen-bond acceptors (Lipinski definition) is 4. The van der Waals surface area contributed by atoms with E-state index in [0.29, 0.717) is 17.9 Å². The third-order valence-electron chi connectivity index (χ3n) is 2.23. The highest BCUT2D eigenvalue weighted by molar-refractivity contribution is 7.99. The van der Waals surface area contributed by atoms with Crippen molar-refractivity contribution in [2.45, 2.75) is 12.5 Å². The lowest BCUT2D eigenvalue weighted by atomic mass is 10.2. The molecule has 1 unspecified atom stereocenters. The van der Waals surface area contributed by atoms with Crippen molar-refractivity contribution in [2.75, 3.05) is 16.8 Å². The molecule has 5 nitrogen and oxygen atoms in total. The van der Waals surface area contributed by atoms with E-state index in [4.69, 9.17) is 10.8 Å². The molecule has 1 aromatic rings. The minimum absolute atomic E-state index is 0.169. The van der Waals surface area contributed by atoms with Gasteiger partial charge in [-0.05, 0) is 30.4 Å². The molecule has 104 valence electrons. The molecule has 0 aliphatic carbocycles. The van der Waals surface area contributed by atoms with Crippen LogP contribution in [-0.2, 0) is 9.59 Å². The second-order valence-electron chi connectivity index (χ2n) is 3.84. The number of thioether (sulfide) groups is 1. The van der Waals surface area contributed by atoms with Gasteiger partial charge >= 0.3 is 5.97 Å². The number of amides is 1. The number of carboxylic acid groups (broad SMARTS) is 1. The summed E-state index contributed by atoms with van der Waals surface area (Å²) < 4.78 is 12.9. The van der Waals surface area contributed by atoms with Gasteiger partial charge in [-0.3, -0.25) is 9.59 Å². The van der Waals surface area contributed by atoms with E-state index < -0.39 is 17.8 Å². The first-order valence-corrected chi connectivity index (χ1v) is 6.76. The molecule has 0 spiro atoms. The van der Waals surface area contributed by atoms with Gasteiger partial charge < -0.3 is 16.2 Å². The molecule has 0 aliphatic heterocycles. The molecule has 4 N–H and O–H groups in total. The van der Waals surface area contributed by atoms with E-state index in [0.717, 1.165) is 0 Å². The number of carboxylic acids is 1. The van der Waals surface area contributed by atoms with Gasteiger partial charge in [-0.15, -0.1) is 0 Å². The van der Waals surface area contributed by atoms with Crippen molar-refractivity contribution in [1.82, 2.24) is 0 Å². The summed E-state index contributed by atoms with van der Waals surface area (Å²) in [6.45, 7) is 0. The summed E-state index contributed by atoms with van der Waals surface area (Å²) in [6.07, 6.45) is 0.299. The van der Waals surface area contributed by atoms with Crippen molar-refractivity contribution < 1.29 is 19.1 Å². The Bertz CT molecular complexity index is 456. The first-order chi connectivity index (χ1) is 8.99. The Balaban J connectivity index is 2.23. The fourth-order valence-electron chi connectivity index (χ4n) is 1.26. The zero-order valence-corrected chi connectivity index (χ0v) is 11.0. The molecule has 0 saturated carbocycles. The van der Waals surface area contributed by atoms with E-state index in [9.17, 15) is 14.0 Å². The molecule has 1 rings (SSSR count). The molecule has 0 saturated heterocycles. The van der Waals surface area contributed by atoms with Crippen molar-refractivity contribution in [3.63, 3.8) is 0 Å². The van der Waals surface area contributed by atoms with Crippen molar-refractivity contribution in [1.29, 1.82) is 0 Å². The number of rotatable bonds is 7. The fourth-order valence-corrected chi connectivity index (χ4v) is 2.08. The minimum Gasteiger partial charge on any atom is -0.480 e. The van der Waals surface area contributed by atoms with Crippen LogP contribution in [0.1, 0.15) is 6.42 Å². The lowest BCUT2D eigenvalue weighted by molar-refractivity contribution is -0.138. The van der Waals surface area contributed by atoms with Gasteiger partial charge in [0, 0.05) is 5.69 Å². The number of nitrogens with two attached hydrogens (primary N) is 1. The van der Waals surface area contributed by atoms with E-state index in [1.807, 2.05) is 0 Å². The molecule has 0 bridgehead atoms. The van der Waals surface area contributed by atoms with E-state index in [1.165, 1.54) is 30.0 Å². The van der Waals surface area contributed by atoms with Crippen LogP contribution in [0.25, 0.3) is 0 Å². The Morgan fingerprint density at radius 1 is 1.47 bits per heavy atom. The van der Waals surface area contributed by atoms with Crippen LogP contribution in [0, 0.1) is 5.82 Å². The van der Waals surface area contributed by atoms with Crippen LogP contribution in [-0.4, -0.2) is 34.5 Å². The molecule has 0 fully saturated rings. The number of anilines is 1. The number of nitrogens with one attached hydrogen (secondary N) is 1. The first kappa shape index (κ1) is 15.5. The van der Waals surface area contributed by atoms with Gasteiger partial charge in [-0.1, -0.05) is 6.07 Å². The number of carbonyl (C=O) groups excluding carboxylic acids is 1. The Kier molecular flexibility index (Phi) is 6.31. The second-order valence-corrected chi connectivity index (χ2v) is 4.95. The maximum absolute atomic E-state index is 12.9. The Hall–Kier alpha value is -1.60. The third-order valence-corrected chi connectivity index (χ3v) is 3.22. The van der Waals surface area contributed by atoms with Crippen LogP contribution in [0.4, 0.5) is 10.1 Å². The Morgan fingerprint density at radius 3 is 2.84 bits per heavy atom. The van der Waals surface area contributed by atoms with E-state index in [1.54, 1.807) is 6.07 Å². The molecule has 0 heterocycles. The van der Waals surface area contributed by atoms with Gasteiger partial charge in [-0.2, -0.15) is 11.8 Å². The van der Waals surface area contributed by atoms with E-state index in [-0.39, 0.29) is 11.7 Å². The maximum atomic E-state index is 12.9. The predicted molar refractivity (Wildman–Crippen MR) is 72.6 cm³/mol.